The normalized spacial score (nSPS) is 19.3. The Labute approximate surface area is 229 Å². The van der Waals surface area contributed by atoms with Gasteiger partial charge in [-0.3, -0.25) is 14.4 Å². The van der Waals surface area contributed by atoms with Crippen molar-refractivity contribution in [2.24, 2.45) is 5.73 Å². The van der Waals surface area contributed by atoms with Gasteiger partial charge in [-0.1, -0.05) is 17.7 Å². The molecule has 0 fully saturated rings. The number of rotatable bonds is 7. The number of hydrogen-bond donors (Lipinski definition) is 2. The molecular weight excluding hydrogens is 525 g/mol. The molecule has 0 saturated heterocycles. The summed E-state index contributed by atoms with van der Waals surface area (Å²) < 4.78 is 19.7. The molecule has 2 atom stereocenters. The summed E-state index contributed by atoms with van der Waals surface area (Å²) >= 11 is 6.02. The van der Waals surface area contributed by atoms with Gasteiger partial charge >= 0.3 is 0 Å². The van der Waals surface area contributed by atoms with E-state index in [9.17, 15) is 23.9 Å². The Bertz CT molecular complexity index is 1560. The number of hydrogen-bond acceptors (Lipinski definition) is 6. The predicted octanol–water partition coefficient (Wildman–Crippen LogP) is 4.13. The molecule has 2 amide bonds. The van der Waals surface area contributed by atoms with Gasteiger partial charge in [-0.15, -0.1) is 0 Å². The number of primary amides is 1. The molecule has 5 rings (SSSR count). The molecule has 0 bridgehead atoms. The number of ketones is 1. The lowest BCUT2D eigenvalue weighted by Gasteiger charge is -2.26. The van der Waals surface area contributed by atoms with Crippen molar-refractivity contribution in [3.63, 3.8) is 0 Å². The maximum atomic E-state index is 13.9. The van der Waals surface area contributed by atoms with E-state index in [1.807, 2.05) is 0 Å². The van der Waals surface area contributed by atoms with Crippen LogP contribution in [0.15, 0.2) is 42.5 Å². The number of amides is 2. The number of pyridine rings is 1. The summed E-state index contributed by atoms with van der Waals surface area (Å²) in [6, 6.07) is 10.6. The van der Waals surface area contributed by atoms with E-state index in [0.29, 0.717) is 34.5 Å². The Balaban J connectivity index is 1.48. The van der Waals surface area contributed by atoms with E-state index in [1.54, 1.807) is 43.1 Å². The van der Waals surface area contributed by atoms with Gasteiger partial charge in [0.15, 0.2) is 5.78 Å². The van der Waals surface area contributed by atoms with Crippen molar-refractivity contribution in [3.8, 4) is 17.0 Å². The number of ether oxygens (including phenoxy) is 1. The summed E-state index contributed by atoms with van der Waals surface area (Å²) in [6.07, 6.45) is 0.0148. The molecule has 8 nitrogen and oxygen atoms in total. The maximum absolute atomic E-state index is 13.9. The second kappa shape index (κ2) is 9.43. The Hall–Kier alpha value is -3.82. The Morgan fingerprint density at radius 3 is 2.69 bits per heavy atom. The van der Waals surface area contributed by atoms with Crippen molar-refractivity contribution in [1.82, 2.24) is 9.88 Å². The second-order valence-corrected chi connectivity index (χ2v) is 11.0. The first-order valence-corrected chi connectivity index (χ1v) is 12.8. The van der Waals surface area contributed by atoms with Crippen LogP contribution in [0.4, 0.5) is 4.39 Å². The highest BCUT2D eigenvalue weighted by Crippen LogP contribution is 2.46. The molecule has 0 saturated carbocycles. The van der Waals surface area contributed by atoms with E-state index in [2.05, 4.69) is 4.98 Å². The topological polar surface area (TPSA) is 123 Å². The number of halogens is 2. The Kier molecular flexibility index (Phi) is 6.47. The standard InChI is InChI=1S/C29H27ClFN3O5/c1-28(27(32)37)14-39-25-19(28)12-23(33-24(25)16-5-7-21(31)20(30)11-16)29(2,38)9-8-22(35)15-4-6-18-17(10-15)13-34(3)26(18)36/h4-7,10-12,38H,8-9,13-14H2,1-3H3,(H2,32,37)/t28-,29-/m0/s1. The molecule has 3 heterocycles. The summed E-state index contributed by atoms with van der Waals surface area (Å²) in [6.45, 7) is 3.58. The monoisotopic (exact) mass is 551 g/mol. The fourth-order valence-electron chi connectivity index (χ4n) is 4.97. The van der Waals surface area contributed by atoms with Crippen molar-refractivity contribution in [2.45, 2.75) is 44.2 Å². The van der Waals surface area contributed by atoms with Crippen LogP contribution in [0.3, 0.4) is 0 Å². The third-order valence-electron chi connectivity index (χ3n) is 7.61. The van der Waals surface area contributed by atoms with Crippen LogP contribution in [0.5, 0.6) is 5.75 Å². The minimum atomic E-state index is -1.59. The number of Topliss-reactive ketones (excluding diaryl/α,β-unsaturated/α-hetero) is 1. The molecule has 10 heteroatoms. The minimum Gasteiger partial charge on any atom is -0.489 e. The smallest absolute Gasteiger partial charge is 0.254 e. The number of carbonyl (C=O) groups is 3. The lowest BCUT2D eigenvalue weighted by atomic mass is 9.81. The van der Waals surface area contributed by atoms with Crippen LogP contribution in [-0.2, 0) is 22.4 Å². The van der Waals surface area contributed by atoms with E-state index in [1.165, 1.54) is 25.1 Å². The Morgan fingerprint density at radius 2 is 2.00 bits per heavy atom. The lowest BCUT2D eigenvalue weighted by Crippen LogP contribution is -2.40. The minimum absolute atomic E-state index is 0.00433. The third-order valence-corrected chi connectivity index (χ3v) is 7.90. The van der Waals surface area contributed by atoms with Crippen LogP contribution < -0.4 is 10.5 Å². The highest BCUT2D eigenvalue weighted by Gasteiger charge is 2.45. The molecule has 0 spiro atoms. The lowest BCUT2D eigenvalue weighted by molar-refractivity contribution is -0.123. The zero-order valence-electron chi connectivity index (χ0n) is 21.7. The zero-order valence-corrected chi connectivity index (χ0v) is 22.4. The van der Waals surface area contributed by atoms with E-state index in [4.69, 9.17) is 22.1 Å². The van der Waals surface area contributed by atoms with Gasteiger partial charge in [0.25, 0.3) is 5.91 Å². The molecule has 3 N–H and O–H groups in total. The highest BCUT2D eigenvalue weighted by atomic mass is 35.5. The molecule has 2 aromatic carbocycles. The molecule has 39 heavy (non-hydrogen) atoms. The summed E-state index contributed by atoms with van der Waals surface area (Å²) in [5.41, 5.74) is 6.10. The van der Waals surface area contributed by atoms with Crippen molar-refractivity contribution >= 4 is 29.2 Å². The summed E-state index contributed by atoms with van der Waals surface area (Å²) in [5.74, 6) is -1.20. The number of aromatic nitrogens is 1. The van der Waals surface area contributed by atoms with Crippen molar-refractivity contribution in [1.29, 1.82) is 0 Å². The largest absolute Gasteiger partial charge is 0.489 e. The second-order valence-electron chi connectivity index (χ2n) is 10.6. The van der Waals surface area contributed by atoms with Crippen LogP contribution in [0, 0.1) is 5.82 Å². The molecule has 202 valence electrons. The van der Waals surface area contributed by atoms with Gasteiger partial charge in [0.2, 0.25) is 5.91 Å². The molecule has 0 unspecified atom stereocenters. The fraction of sp³-hybridized carbons (Fsp3) is 0.310. The van der Waals surface area contributed by atoms with Crippen LogP contribution in [0.25, 0.3) is 11.3 Å². The number of carbonyl (C=O) groups excluding carboxylic acids is 3. The van der Waals surface area contributed by atoms with Gasteiger partial charge in [0.05, 0.1) is 10.7 Å². The average Bonchev–Trinajstić information content (AvgIpc) is 3.40. The summed E-state index contributed by atoms with van der Waals surface area (Å²) in [7, 11) is 1.70. The van der Waals surface area contributed by atoms with E-state index >= 15 is 0 Å². The fourth-order valence-corrected chi connectivity index (χ4v) is 5.15. The molecule has 3 aromatic rings. The first-order chi connectivity index (χ1) is 18.3. The van der Waals surface area contributed by atoms with Crippen LogP contribution >= 0.6 is 11.6 Å². The van der Waals surface area contributed by atoms with Gasteiger partial charge in [-0.25, -0.2) is 9.37 Å². The Morgan fingerprint density at radius 1 is 1.26 bits per heavy atom. The van der Waals surface area contributed by atoms with E-state index in [-0.39, 0.29) is 47.5 Å². The predicted molar refractivity (Wildman–Crippen MR) is 142 cm³/mol. The first kappa shape index (κ1) is 26.8. The van der Waals surface area contributed by atoms with Crippen LogP contribution in [-0.4, -0.2) is 46.2 Å². The van der Waals surface area contributed by atoms with Gasteiger partial charge in [-0.05, 0) is 62.2 Å². The summed E-state index contributed by atoms with van der Waals surface area (Å²) in [4.78, 5) is 43.8. The molecule has 2 aliphatic heterocycles. The van der Waals surface area contributed by atoms with Crippen molar-refractivity contribution < 1.29 is 28.6 Å². The van der Waals surface area contributed by atoms with Crippen molar-refractivity contribution in [2.75, 3.05) is 13.7 Å². The summed E-state index contributed by atoms with van der Waals surface area (Å²) in [5, 5.41) is 11.4. The number of nitrogens with zero attached hydrogens (tertiary/aromatic N) is 2. The molecule has 2 aliphatic rings. The number of benzene rings is 2. The van der Waals surface area contributed by atoms with E-state index < -0.39 is 22.7 Å². The first-order valence-electron chi connectivity index (χ1n) is 12.4. The SMILES string of the molecule is CN1Cc2cc(C(=O)CC[C@](C)(O)c3cc4c(c(-c5ccc(F)c(Cl)c5)n3)OC[C@]4(C)C(N)=O)ccc2C1=O. The third kappa shape index (κ3) is 4.55. The van der Waals surface area contributed by atoms with Crippen molar-refractivity contribution in [3.05, 3.63) is 81.3 Å². The van der Waals surface area contributed by atoms with E-state index in [0.717, 1.165) is 5.56 Å². The van der Waals surface area contributed by atoms with Crippen LogP contribution in [0.1, 0.15) is 64.2 Å². The van der Waals surface area contributed by atoms with Gasteiger partial charge in [0.1, 0.15) is 34.9 Å². The molecule has 1 aromatic heterocycles. The van der Waals surface area contributed by atoms with Crippen LogP contribution in [0.2, 0.25) is 5.02 Å². The average molecular weight is 552 g/mol. The maximum Gasteiger partial charge on any atom is 0.254 e. The van der Waals surface area contributed by atoms with Gasteiger partial charge < -0.3 is 20.5 Å². The molecule has 0 radical (unpaired) electrons. The zero-order chi connectivity index (χ0) is 28.3. The highest BCUT2D eigenvalue weighted by molar-refractivity contribution is 6.31. The molecule has 0 aliphatic carbocycles. The number of aliphatic hydroxyl groups is 1. The number of fused-ring (bicyclic) bond motifs is 2. The molecular formula is C29H27ClFN3O5. The van der Waals surface area contributed by atoms with Gasteiger partial charge in [0, 0.05) is 42.3 Å². The van der Waals surface area contributed by atoms with Gasteiger partial charge in [-0.2, -0.15) is 0 Å². The number of nitrogens with two attached hydrogens (primary N) is 1. The quantitative estimate of drug-likeness (QED) is 0.426.